The number of carbonyl (C=O) groups excluding carboxylic acids is 2. The molecule has 0 saturated carbocycles. The van der Waals surface area contributed by atoms with E-state index in [9.17, 15) is 9.59 Å². The van der Waals surface area contributed by atoms with Gasteiger partial charge in [-0.15, -0.1) is 0 Å². The van der Waals surface area contributed by atoms with E-state index in [1.807, 2.05) is 6.07 Å². The number of benzene rings is 2. The van der Waals surface area contributed by atoms with Crippen LogP contribution in [0, 0.1) is 0 Å². The molecule has 0 aliphatic carbocycles. The number of rotatable bonds is 7. The van der Waals surface area contributed by atoms with Crippen molar-refractivity contribution in [1.82, 2.24) is 9.80 Å². The van der Waals surface area contributed by atoms with Crippen molar-refractivity contribution in [1.29, 1.82) is 0 Å². The summed E-state index contributed by atoms with van der Waals surface area (Å²) in [4.78, 5) is 28.3. The molecule has 1 amide bonds. The van der Waals surface area contributed by atoms with Crippen molar-refractivity contribution < 1.29 is 9.59 Å². The van der Waals surface area contributed by atoms with Crippen LogP contribution in [-0.4, -0.2) is 54.2 Å². The standard InChI is InChI=1S/C22H27N3O2/c1-18(26)20-7-9-21(10-8-20)23-22(27)11-12-24-13-15-25(16-14-24)17-19-5-3-2-4-6-19/h2-10H,11-17H2,1H3,(H,23,27). The van der Waals surface area contributed by atoms with Crippen molar-refractivity contribution in [2.75, 3.05) is 38.0 Å². The molecule has 1 aliphatic rings. The molecular formula is C22H27N3O2. The minimum absolute atomic E-state index is 0.0114. The van der Waals surface area contributed by atoms with Gasteiger partial charge in [0.25, 0.3) is 0 Å². The minimum atomic E-state index is 0.0114. The van der Waals surface area contributed by atoms with Crippen LogP contribution in [0.1, 0.15) is 29.3 Å². The third-order valence-electron chi connectivity index (χ3n) is 4.94. The summed E-state index contributed by atoms with van der Waals surface area (Å²) in [5.74, 6) is 0.0385. The number of Topliss-reactive ketones (excluding diaryl/α,β-unsaturated/α-hetero) is 1. The number of ketones is 1. The Morgan fingerprint density at radius 2 is 1.52 bits per heavy atom. The fourth-order valence-electron chi connectivity index (χ4n) is 3.28. The molecule has 0 aromatic heterocycles. The van der Waals surface area contributed by atoms with Crippen LogP contribution in [0.3, 0.4) is 0 Å². The van der Waals surface area contributed by atoms with Gasteiger partial charge in [0.05, 0.1) is 0 Å². The average Bonchev–Trinajstić information content (AvgIpc) is 2.69. The largest absolute Gasteiger partial charge is 0.326 e. The maximum Gasteiger partial charge on any atom is 0.225 e. The lowest BCUT2D eigenvalue weighted by Crippen LogP contribution is -2.46. The van der Waals surface area contributed by atoms with Crippen molar-refractivity contribution in [3.8, 4) is 0 Å². The molecule has 1 aliphatic heterocycles. The van der Waals surface area contributed by atoms with Crippen LogP contribution in [-0.2, 0) is 11.3 Å². The number of nitrogens with one attached hydrogen (secondary N) is 1. The highest BCUT2D eigenvalue weighted by Gasteiger charge is 2.17. The van der Waals surface area contributed by atoms with E-state index < -0.39 is 0 Å². The van der Waals surface area contributed by atoms with Crippen LogP contribution >= 0.6 is 0 Å². The van der Waals surface area contributed by atoms with Gasteiger partial charge in [-0.2, -0.15) is 0 Å². The van der Waals surface area contributed by atoms with Gasteiger partial charge in [-0.05, 0) is 36.8 Å². The topological polar surface area (TPSA) is 52.7 Å². The zero-order valence-electron chi connectivity index (χ0n) is 15.9. The van der Waals surface area contributed by atoms with E-state index in [4.69, 9.17) is 0 Å². The van der Waals surface area contributed by atoms with Crippen molar-refractivity contribution >= 4 is 17.4 Å². The van der Waals surface area contributed by atoms with Crippen molar-refractivity contribution in [2.24, 2.45) is 0 Å². The normalized spacial score (nSPS) is 15.4. The SMILES string of the molecule is CC(=O)c1ccc(NC(=O)CCN2CCN(Cc3ccccc3)CC2)cc1. The molecular weight excluding hydrogens is 338 g/mol. The summed E-state index contributed by atoms with van der Waals surface area (Å²) in [7, 11) is 0. The summed E-state index contributed by atoms with van der Waals surface area (Å²) in [5, 5.41) is 2.90. The lowest BCUT2D eigenvalue weighted by Gasteiger charge is -2.34. The maximum atomic E-state index is 12.2. The van der Waals surface area contributed by atoms with E-state index in [1.165, 1.54) is 12.5 Å². The first-order valence-electron chi connectivity index (χ1n) is 9.49. The molecule has 5 nitrogen and oxygen atoms in total. The summed E-state index contributed by atoms with van der Waals surface area (Å²) in [6.07, 6.45) is 0.479. The van der Waals surface area contributed by atoms with E-state index in [0.29, 0.717) is 12.0 Å². The number of hydrogen-bond acceptors (Lipinski definition) is 4. The molecule has 0 unspecified atom stereocenters. The zero-order chi connectivity index (χ0) is 19.1. The average molecular weight is 365 g/mol. The molecule has 1 fully saturated rings. The highest BCUT2D eigenvalue weighted by molar-refractivity contribution is 5.95. The third kappa shape index (κ3) is 6.01. The predicted molar refractivity (Wildman–Crippen MR) is 108 cm³/mol. The fourth-order valence-corrected chi connectivity index (χ4v) is 3.28. The Morgan fingerprint density at radius 3 is 2.15 bits per heavy atom. The number of anilines is 1. The zero-order valence-corrected chi connectivity index (χ0v) is 15.9. The summed E-state index contributed by atoms with van der Waals surface area (Å²) in [6, 6.07) is 17.6. The summed E-state index contributed by atoms with van der Waals surface area (Å²) in [5.41, 5.74) is 2.74. The molecule has 0 radical (unpaired) electrons. The Bertz CT molecular complexity index is 751. The molecule has 0 spiro atoms. The molecule has 0 atom stereocenters. The molecule has 27 heavy (non-hydrogen) atoms. The number of carbonyl (C=O) groups is 2. The van der Waals surface area contributed by atoms with E-state index in [1.54, 1.807) is 24.3 Å². The number of hydrogen-bond donors (Lipinski definition) is 1. The van der Waals surface area contributed by atoms with Gasteiger partial charge in [0, 0.05) is 56.9 Å². The van der Waals surface area contributed by atoms with Gasteiger partial charge < -0.3 is 10.2 Å². The Hall–Kier alpha value is -2.50. The van der Waals surface area contributed by atoms with Gasteiger partial charge in [-0.1, -0.05) is 30.3 Å². The summed E-state index contributed by atoms with van der Waals surface area (Å²) >= 11 is 0. The fraction of sp³-hybridized carbons (Fsp3) is 0.364. The van der Waals surface area contributed by atoms with E-state index in [0.717, 1.165) is 45.0 Å². The minimum Gasteiger partial charge on any atom is -0.326 e. The second-order valence-corrected chi connectivity index (χ2v) is 7.04. The second-order valence-electron chi connectivity index (χ2n) is 7.04. The highest BCUT2D eigenvalue weighted by Crippen LogP contribution is 2.11. The Labute approximate surface area is 161 Å². The van der Waals surface area contributed by atoms with Crippen LogP contribution in [0.4, 0.5) is 5.69 Å². The van der Waals surface area contributed by atoms with Gasteiger partial charge >= 0.3 is 0 Å². The molecule has 2 aromatic carbocycles. The molecule has 0 bridgehead atoms. The highest BCUT2D eigenvalue weighted by atomic mass is 16.1. The van der Waals surface area contributed by atoms with Crippen LogP contribution in [0.5, 0.6) is 0 Å². The summed E-state index contributed by atoms with van der Waals surface area (Å²) in [6.45, 7) is 7.35. The molecule has 2 aromatic rings. The Morgan fingerprint density at radius 1 is 0.889 bits per heavy atom. The van der Waals surface area contributed by atoms with Crippen LogP contribution < -0.4 is 5.32 Å². The first-order chi connectivity index (χ1) is 13.1. The number of amides is 1. The van der Waals surface area contributed by atoms with Gasteiger partial charge in [-0.3, -0.25) is 14.5 Å². The number of nitrogens with zero attached hydrogens (tertiary/aromatic N) is 2. The first kappa shape index (κ1) is 19.3. The lowest BCUT2D eigenvalue weighted by molar-refractivity contribution is -0.116. The van der Waals surface area contributed by atoms with E-state index in [-0.39, 0.29) is 11.7 Å². The Balaban J connectivity index is 1.37. The van der Waals surface area contributed by atoms with Crippen LogP contribution in [0.15, 0.2) is 54.6 Å². The predicted octanol–water partition coefficient (Wildman–Crippen LogP) is 3.04. The molecule has 3 rings (SSSR count). The van der Waals surface area contributed by atoms with Gasteiger partial charge in [0.1, 0.15) is 0 Å². The third-order valence-corrected chi connectivity index (χ3v) is 4.94. The van der Waals surface area contributed by atoms with Gasteiger partial charge in [-0.25, -0.2) is 0 Å². The lowest BCUT2D eigenvalue weighted by atomic mass is 10.1. The number of piperazine rings is 1. The quantitative estimate of drug-likeness (QED) is 0.767. The first-order valence-corrected chi connectivity index (χ1v) is 9.49. The van der Waals surface area contributed by atoms with Crippen LogP contribution in [0.25, 0.3) is 0 Å². The monoisotopic (exact) mass is 365 g/mol. The second kappa shape index (κ2) is 9.44. The van der Waals surface area contributed by atoms with Crippen molar-refractivity contribution in [2.45, 2.75) is 19.9 Å². The summed E-state index contributed by atoms with van der Waals surface area (Å²) < 4.78 is 0. The maximum absolute atomic E-state index is 12.2. The smallest absolute Gasteiger partial charge is 0.225 e. The molecule has 1 N–H and O–H groups in total. The Kier molecular flexibility index (Phi) is 6.74. The molecule has 5 heteroatoms. The molecule has 1 heterocycles. The van der Waals surface area contributed by atoms with E-state index >= 15 is 0 Å². The van der Waals surface area contributed by atoms with Gasteiger partial charge in [0.15, 0.2) is 5.78 Å². The van der Waals surface area contributed by atoms with E-state index in [2.05, 4.69) is 39.4 Å². The van der Waals surface area contributed by atoms with Crippen LogP contribution in [0.2, 0.25) is 0 Å². The van der Waals surface area contributed by atoms with Crippen molar-refractivity contribution in [3.05, 3.63) is 65.7 Å². The molecule has 1 saturated heterocycles. The van der Waals surface area contributed by atoms with Crippen molar-refractivity contribution in [3.63, 3.8) is 0 Å². The van der Waals surface area contributed by atoms with Gasteiger partial charge in [0.2, 0.25) is 5.91 Å². The molecule has 142 valence electrons.